The Morgan fingerprint density at radius 3 is 2.81 bits per heavy atom. The third-order valence-corrected chi connectivity index (χ3v) is 3.48. The first-order valence-electron chi connectivity index (χ1n) is 5.35. The van der Waals surface area contributed by atoms with E-state index in [-0.39, 0.29) is 0 Å². The molecule has 16 heavy (non-hydrogen) atoms. The molecule has 0 aliphatic rings. The summed E-state index contributed by atoms with van der Waals surface area (Å²) in [5.74, 6) is 0. The number of halogens is 1. The molecule has 0 saturated carbocycles. The molecule has 0 saturated heterocycles. The number of aliphatic hydroxyl groups excluding tert-OH is 1. The molecule has 1 heterocycles. The molecule has 0 aromatic carbocycles. The fraction of sp³-hybridized carbons (Fsp3) is 0.583. The van der Waals surface area contributed by atoms with Gasteiger partial charge in [-0.3, -0.25) is 4.98 Å². The van der Waals surface area contributed by atoms with Gasteiger partial charge in [-0.2, -0.15) is 0 Å². The second-order valence-corrected chi connectivity index (χ2v) is 4.46. The Balaban J connectivity index is 2.78. The number of hydrogen-bond acceptors (Lipinski definition) is 3. The molecule has 0 fully saturated rings. The minimum absolute atomic E-state index is 0.472. The molecule has 4 heteroatoms. The highest BCUT2D eigenvalue weighted by Gasteiger charge is 2.31. The second kappa shape index (κ2) is 5.62. The SMILES string of the molecule is CCC(C)(OC)C(O)Cc1ccncc1Cl. The average molecular weight is 244 g/mol. The summed E-state index contributed by atoms with van der Waals surface area (Å²) in [4.78, 5) is 3.91. The Hall–Kier alpha value is -0.640. The van der Waals surface area contributed by atoms with Gasteiger partial charge in [-0.15, -0.1) is 0 Å². The Morgan fingerprint density at radius 1 is 1.62 bits per heavy atom. The van der Waals surface area contributed by atoms with Crippen LogP contribution in [0.2, 0.25) is 5.02 Å². The summed E-state index contributed by atoms with van der Waals surface area (Å²) in [7, 11) is 1.61. The summed E-state index contributed by atoms with van der Waals surface area (Å²) in [6.07, 6.45) is 3.89. The number of hydrogen-bond donors (Lipinski definition) is 1. The van der Waals surface area contributed by atoms with Crippen LogP contribution in [0.1, 0.15) is 25.8 Å². The van der Waals surface area contributed by atoms with Crippen LogP contribution in [-0.2, 0) is 11.2 Å². The Labute approximate surface area is 101 Å². The van der Waals surface area contributed by atoms with Crippen molar-refractivity contribution in [1.82, 2.24) is 4.98 Å². The van der Waals surface area contributed by atoms with E-state index >= 15 is 0 Å². The minimum atomic E-state index is -0.581. The summed E-state index contributed by atoms with van der Waals surface area (Å²) in [6.45, 7) is 3.88. The van der Waals surface area contributed by atoms with Gasteiger partial charge in [-0.05, 0) is 25.0 Å². The van der Waals surface area contributed by atoms with Crippen LogP contribution in [0.5, 0.6) is 0 Å². The van der Waals surface area contributed by atoms with Crippen LogP contribution < -0.4 is 0 Å². The zero-order valence-corrected chi connectivity index (χ0v) is 10.7. The maximum Gasteiger partial charge on any atom is 0.0909 e. The number of aromatic nitrogens is 1. The normalized spacial score (nSPS) is 16.8. The molecule has 0 amide bonds. The smallest absolute Gasteiger partial charge is 0.0909 e. The van der Waals surface area contributed by atoms with Crippen molar-refractivity contribution >= 4 is 11.6 Å². The third kappa shape index (κ3) is 2.94. The standard InChI is InChI=1S/C12H18ClNO2/c1-4-12(2,16-3)11(15)7-9-5-6-14-8-10(9)13/h5-6,8,11,15H,4,7H2,1-3H3. The van der Waals surface area contributed by atoms with Crippen molar-refractivity contribution in [3.8, 4) is 0 Å². The first kappa shape index (κ1) is 13.4. The summed E-state index contributed by atoms with van der Waals surface area (Å²) in [6, 6.07) is 1.82. The van der Waals surface area contributed by atoms with Crippen molar-refractivity contribution in [2.75, 3.05) is 7.11 Å². The van der Waals surface area contributed by atoms with E-state index in [0.717, 1.165) is 12.0 Å². The fourth-order valence-electron chi connectivity index (χ4n) is 1.51. The molecular weight excluding hydrogens is 226 g/mol. The Morgan fingerprint density at radius 2 is 2.31 bits per heavy atom. The van der Waals surface area contributed by atoms with E-state index in [4.69, 9.17) is 16.3 Å². The quantitative estimate of drug-likeness (QED) is 0.864. The molecule has 1 aromatic heterocycles. The van der Waals surface area contributed by atoms with Gasteiger partial charge in [-0.25, -0.2) is 0 Å². The number of nitrogens with zero attached hydrogens (tertiary/aromatic N) is 1. The third-order valence-electron chi connectivity index (χ3n) is 3.14. The van der Waals surface area contributed by atoms with Gasteiger partial charge in [0.25, 0.3) is 0 Å². The minimum Gasteiger partial charge on any atom is -0.390 e. The summed E-state index contributed by atoms with van der Waals surface area (Å²) < 4.78 is 5.35. The Bertz CT molecular complexity index is 340. The topological polar surface area (TPSA) is 42.4 Å². The lowest BCUT2D eigenvalue weighted by molar-refractivity contribution is -0.0914. The fourth-order valence-corrected chi connectivity index (χ4v) is 1.71. The van der Waals surface area contributed by atoms with E-state index in [2.05, 4.69) is 4.98 Å². The molecule has 0 aliphatic heterocycles. The largest absolute Gasteiger partial charge is 0.390 e. The maximum atomic E-state index is 10.1. The molecule has 3 nitrogen and oxygen atoms in total. The van der Waals surface area contributed by atoms with Crippen molar-refractivity contribution in [2.24, 2.45) is 0 Å². The monoisotopic (exact) mass is 243 g/mol. The number of aliphatic hydroxyl groups is 1. The maximum absolute atomic E-state index is 10.1. The van der Waals surface area contributed by atoms with Gasteiger partial charge in [0.1, 0.15) is 0 Å². The predicted octanol–water partition coefficient (Wildman–Crippen LogP) is 2.45. The molecule has 1 aromatic rings. The van der Waals surface area contributed by atoms with Gasteiger partial charge < -0.3 is 9.84 Å². The first-order valence-corrected chi connectivity index (χ1v) is 5.73. The predicted molar refractivity (Wildman–Crippen MR) is 64.7 cm³/mol. The highest BCUT2D eigenvalue weighted by atomic mass is 35.5. The van der Waals surface area contributed by atoms with Crippen LogP contribution in [0, 0.1) is 0 Å². The summed E-state index contributed by atoms with van der Waals surface area (Å²) in [5, 5.41) is 10.7. The van der Waals surface area contributed by atoms with Crippen molar-refractivity contribution in [3.05, 3.63) is 29.0 Å². The molecule has 2 atom stereocenters. The van der Waals surface area contributed by atoms with Crippen molar-refractivity contribution in [2.45, 2.75) is 38.4 Å². The molecule has 0 spiro atoms. The van der Waals surface area contributed by atoms with Gasteiger partial charge in [0.2, 0.25) is 0 Å². The number of ether oxygens (including phenoxy) is 1. The Kier molecular flexibility index (Phi) is 4.71. The van der Waals surface area contributed by atoms with Crippen LogP contribution in [-0.4, -0.2) is 28.9 Å². The molecule has 90 valence electrons. The van der Waals surface area contributed by atoms with Crippen LogP contribution in [0.3, 0.4) is 0 Å². The average Bonchev–Trinajstić information content (AvgIpc) is 2.31. The lowest BCUT2D eigenvalue weighted by Crippen LogP contribution is -2.42. The molecule has 2 unspecified atom stereocenters. The lowest BCUT2D eigenvalue weighted by atomic mass is 9.91. The zero-order valence-electron chi connectivity index (χ0n) is 9.90. The lowest BCUT2D eigenvalue weighted by Gasteiger charge is -2.32. The van der Waals surface area contributed by atoms with E-state index in [0.29, 0.717) is 11.4 Å². The van der Waals surface area contributed by atoms with Crippen molar-refractivity contribution in [3.63, 3.8) is 0 Å². The first-order chi connectivity index (χ1) is 7.53. The van der Waals surface area contributed by atoms with Crippen LogP contribution in [0.4, 0.5) is 0 Å². The van der Waals surface area contributed by atoms with Gasteiger partial charge in [-0.1, -0.05) is 18.5 Å². The van der Waals surface area contributed by atoms with Crippen LogP contribution >= 0.6 is 11.6 Å². The van der Waals surface area contributed by atoms with Crippen LogP contribution in [0.15, 0.2) is 18.5 Å². The number of pyridine rings is 1. The molecule has 1 N–H and O–H groups in total. The van der Waals surface area contributed by atoms with E-state index in [1.54, 1.807) is 19.5 Å². The van der Waals surface area contributed by atoms with E-state index < -0.39 is 11.7 Å². The molecule has 0 radical (unpaired) electrons. The van der Waals surface area contributed by atoms with E-state index in [9.17, 15) is 5.11 Å². The van der Waals surface area contributed by atoms with Gasteiger partial charge >= 0.3 is 0 Å². The molecule has 0 aliphatic carbocycles. The summed E-state index contributed by atoms with van der Waals surface area (Å²) in [5.41, 5.74) is 0.355. The van der Waals surface area contributed by atoms with Gasteiger partial charge in [0.05, 0.1) is 16.7 Å². The highest BCUT2D eigenvalue weighted by Crippen LogP contribution is 2.24. The van der Waals surface area contributed by atoms with E-state index in [1.807, 2.05) is 19.9 Å². The zero-order chi connectivity index (χ0) is 12.2. The molecular formula is C12H18ClNO2. The van der Waals surface area contributed by atoms with E-state index in [1.165, 1.54) is 0 Å². The van der Waals surface area contributed by atoms with Gasteiger partial charge in [0, 0.05) is 25.9 Å². The van der Waals surface area contributed by atoms with Gasteiger partial charge in [0.15, 0.2) is 0 Å². The molecule has 0 bridgehead atoms. The summed E-state index contributed by atoms with van der Waals surface area (Å²) >= 11 is 5.99. The number of rotatable bonds is 5. The molecule has 1 rings (SSSR count). The number of methoxy groups -OCH3 is 1. The van der Waals surface area contributed by atoms with Crippen LogP contribution in [0.25, 0.3) is 0 Å². The van der Waals surface area contributed by atoms with Crippen molar-refractivity contribution < 1.29 is 9.84 Å². The second-order valence-electron chi connectivity index (χ2n) is 4.06. The highest BCUT2D eigenvalue weighted by molar-refractivity contribution is 6.31. The van der Waals surface area contributed by atoms with Crippen molar-refractivity contribution in [1.29, 1.82) is 0 Å².